The van der Waals surface area contributed by atoms with Gasteiger partial charge in [0.25, 0.3) is 0 Å². The van der Waals surface area contributed by atoms with Gasteiger partial charge in [0.15, 0.2) is 5.82 Å². The zero-order chi connectivity index (χ0) is 20.9. The standard InChI is InChI=1S/C20H19F3N6/c1-2-3-12-29-19(26-27-28-29)18(15-6-4-14(13-24)5-7-15)25-17-10-8-16(9-11-17)20(21,22)23/h4-11,18,25H,2-3,12H2,1H3/t18-/m1/s1. The monoisotopic (exact) mass is 400 g/mol. The topological polar surface area (TPSA) is 79.4 Å². The zero-order valence-corrected chi connectivity index (χ0v) is 15.7. The molecular weight excluding hydrogens is 381 g/mol. The van der Waals surface area contributed by atoms with Crippen molar-refractivity contribution in [2.45, 2.75) is 38.5 Å². The van der Waals surface area contributed by atoms with Crippen molar-refractivity contribution in [1.29, 1.82) is 5.26 Å². The quantitative estimate of drug-likeness (QED) is 0.629. The molecule has 1 atom stereocenters. The number of nitrogens with zero attached hydrogens (tertiary/aromatic N) is 5. The molecule has 0 saturated carbocycles. The van der Waals surface area contributed by atoms with Crippen LogP contribution in [-0.2, 0) is 12.7 Å². The molecule has 0 aliphatic heterocycles. The summed E-state index contributed by atoms with van der Waals surface area (Å²) in [4.78, 5) is 0. The van der Waals surface area contributed by atoms with Crippen LogP contribution in [0.5, 0.6) is 0 Å². The molecule has 0 radical (unpaired) electrons. The number of aromatic nitrogens is 4. The molecule has 29 heavy (non-hydrogen) atoms. The van der Waals surface area contributed by atoms with Crippen molar-refractivity contribution in [3.8, 4) is 6.07 Å². The van der Waals surface area contributed by atoms with Crippen LogP contribution in [0.4, 0.5) is 18.9 Å². The molecule has 0 bridgehead atoms. The molecule has 0 aliphatic rings. The molecule has 9 heteroatoms. The van der Waals surface area contributed by atoms with Gasteiger partial charge in [0.2, 0.25) is 0 Å². The van der Waals surface area contributed by atoms with Gasteiger partial charge in [-0.2, -0.15) is 18.4 Å². The van der Waals surface area contributed by atoms with E-state index in [9.17, 15) is 13.2 Å². The van der Waals surface area contributed by atoms with Crippen LogP contribution in [0.1, 0.15) is 48.3 Å². The first-order valence-corrected chi connectivity index (χ1v) is 9.12. The number of hydrogen-bond donors (Lipinski definition) is 1. The summed E-state index contributed by atoms with van der Waals surface area (Å²) in [6, 6.07) is 13.3. The lowest BCUT2D eigenvalue weighted by Crippen LogP contribution is -2.19. The van der Waals surface area contributed by atoms with E-state index < -0.39 is 17.8 Å². The maximum Gasteiger partial charge on any atom is 0.416 e. The number of aryl methyl sites for hydroxylation is 1. The molecule has 150 valence electrons. The van der Waals surface area contributed by atoms with Crippen molar-refractivity contribution in [1.82, 2.24) is 20.2 Å². The molecule has 0 aliphatic carbocycles. The number of halogens is 3. The molecule has 0 unspecified atom stereocenters. The molecule has 0 spiro atoms. The summed E-state index contributed by atoms with van der Waals surface area (Å²) >= 11 is 0. The second kappa shape index (κ2) is 8.73. The van der Waals surface area contributed by atoms with E-state index in [1.54, 1.807) is 28.9 Å². The van der Waals surface area contributed by atoms with E-state index in [2.05, 4.69) is 33.8 Å². The molecule has 3 rings (SSSR count). The second-order valence-electron chi connectivity index (χ2n) is 6.50. The fraction of sp³-hybridized carbons (Fsp3) is 0.300. The van der Waals surface area contributed by atoms with Gasteiger partial charge in [0.1, 0.15) is 6.04 Å². The molecule has 1 aromatic heterocycles. The van der Waals surface area contributed by atoms with Crippen LogP contribution in [0.15, 0.2) is 48.5 Å². The van der Waals surface area contributed by atoms with E-state index >= 15 is 0 Å². The third kappa shape index (κ3) is 4.90. The first-order chi connectivity index (χ1) is 13.9. The van der Waals surface area contributed by atoms with Crippen LogP contribution in [-0.4, -0.2) is 20.2 Å². The van der Waals surface area contributed by atoms with Gasteiger partial charge < -0.3 is 5.32 Å². The van der Waals surface area contributed by atoms with Crippen molar-refractivity contribution >= 4 is 5.69 Å². The minimum absolute atomic E-state index is 0.494. The van der Waals surface area contributed by atoms with E-state index in [1.165, 1.54) is 12.1 Å². The Balaban J connectivity index is 1.95. The molecular formula is C20H19F3N6. The molecule has 1 N–H and O–H groups in total. The van der Waals surface area contributed by atoms with Gasteiger partial charge in [-0.05, 0) is 58.8 Å². The number of hydrogen-bond acceptors (Lipinski definition) is 5. The summed E-state index contributed by atoms with van der Waals surface area (Å²) < 4.78 is 40.2. The van der Waals surface area contributed by atoms with Gasteiger partial charge in [0, 0.05) is 12.2 Å². The van der Waals surface area contributed by atoms with Crippen molar-refractivity contribution in [3.63, 3.8) is 0 Å². The molecule has 0 amide bonds. The van der Waals surface area contributed by atoms with Crippen LogP contribution < -0.4 is 5.32 Å². The Morgan fingerprint density at radius 2 is 1.79 bits per heavy atom. The molecule has 2 aromatic carbocycles. The minimum Gasteiger partial charge on any atom is -0.371 e. The minimum atomic E-state index is -4.39. The summed E-state index contributed by atoms with van der Waals surface area (Å²) in [5.74, 6) is 0.544. The number of tetrazole rings is 1. The molecule has 1 heterocycles. The van der Waals surface area contributed by atoms with Crippen molar-refractivity contribution in [2.75, 3.05) is 5.32 Å². The van der Waals surface area contributed by atoms with Gasteiger partial charge in [-0.15, -0.1) is 5.10 Å². The maximum atomic E-state index is 12.8. The Hall–Kier alpha value is -3.41. The van der Waals surface area contributed by atoms with Gasteiger partial charge in [-0.1, -0.05) is 25.5 Å². The lowest BCUT2D eigenvalue weighted by atomic mass is 10.0. The van der Waals surface area contributed by atoms with E-state index in [0.29, 0.717) is 23.6 Å². The molecule has 3 aromatic rings. The maximum absolute atomic E-state index is 12.8. The van der Waals surface area contributed by atoms with Gasteiger partial charge >= 0.3 is 6.18 Å². The average Bonchev–Trinajstić information content (AvgIpc) is 3.18. The normalized spacial score (nSPS) is 12.4. The Morgan fingerprint density at radius 3 is 2.38 bits per heavy atom. The summed E-state index contributed by atoms with van der Waals surface area (Å²) in [6.07, 6.45) is -2.54. The summed E-state index contributed by atoms with van der Waals surface area (Å²) in [5, 5.41) is 24.2. The Labute approximate surface area is 166 Å². The number of rotatable bonds is 7. The number of nitriles is 1. The van der Waals surface area contributed by atoms with Crippen LogP contribution >= 0.6 is 0 Å². The van der Waals surface area contributed by atoms with Crippen LogP contribution in [0, 0.1) is 11.3 Å². The summed E-state index contributed by atoms with van der Waals surface area (Å²) in [6.45, 7) is 2.68. The number of nitrogens with one attached hydrogen (secondary N) is 1. The van der Waals surface area contributed by atoms with E-state index in [-0.39, 0.29) is 0 Å². The third-order valence-corrected chi connectivity index (χ3v) is 4.44. The van der Waals surface area contributed by atoms with Gasteiger partial charge in [0.05, 0.1) is 17.2 Å². The van der Waals surface area contributed by atoms with Gasteiger partial charge in [-0.3, -0.25) is 0 Å². The molecule has 6 nitrogen and oxygen atoms in total. The highest BCUT2D eigenvalue weighted by atomic mass is 19.4. The SMILES string of the molecule is CCCCn1nnnc1[C@H](Nc1ccc(C(F)(F)F)cc1)c1ccc(C#N)cc1. The first kappa shape index (κ1) is 20.3. The number of unbranched alkanes of at least 4 members (excludes halogenated alkanes) is 1. The highest BCUT2D eigenvalue weighted by molar-refractivity contribution is 5.49. The molecule has 0 saturated heterocycles. The molecule has 0 fully saturated rings. The van der Waals surface area contributed by atoms with Crippen LogP contribution in [0.3, 0.4) is 0 Å². The van der Waals surface area contributed by atoms with Crippen LogP contribution in [0.2, 0.25) is 0 Å². The average molecular weight is 400 g/mol. The number of anilines is 1. The van der Waals surface area contributed by atoms with Gasteiger partial charge in [-0.25, -0.2) is 4.68 Å². The summed E-state index contributed by atoms with van der Waals surface area (Å²) in [7, 11) is 0. The first-order valence-electron chi connectivity index (χ1n) is 9.12. The second-order valence-corrected chi connectivity index (χ2v) is 6.50. The van der Waals surface area contributed by atoms with E-state index in [1.807, 2.05) is 0 Å². The Kier molecular flexibility index (Phi) is 6.12. The van der Waals surface area contributed by atoms with Crippen molar-refractivity contribution in [2.24, 2.45) is 0 Å². The smallest absolute Gasteiger partial charge is 0.371 e. The largest absolute Gasteiger partial charge is 0.416 e. The van der Waals surface area contributed by atoms with E-state index in [4.69, 9.17) is 5.26 Å². The lowest BCUT2D eigenvalue weighted by molar-refractivity contribution is -0.137. The number of alkyl halides is 3. The fourth-order valence-electron chi connectivity index (χ4n) is 2.85. The third-order valence-electron chi connectivity index (χ3n) is 4.44. The summed E-state index contributed by atoms with van der Waals surface area (Å²) in [5.41, 5.74) is 1.08. The predicted octanol–water partition coefficient (Wildman–Crippen LogP) is 4.57. The lowest BCUT2D eigenvalue weighted by Gasteiger charge is -2.20. The van der Waals surface area contributed by atoms with Crippen molar-refractivity contribution in [3.05, 3.63) is 71.0 Å². The zero-order valence-electron chi connectivity index (χ0n) is 15.7. The highest BCUT2D eigenvalue weighted by Gasteiger charge is 2.30. The predicted molar refractivity (Wildman–Crippen MR) is 101 cm³/mol. The van der Waals surface area contributed by atoms with Crippen LogP contribution in [0.25, 0.3) is 0 Å². The van der Waals surface area contributed by atoms with Crippen molar-refractivity contribution < 1.29 is 13.2 Å². The Bertz CT molecular complexity index is 971. The fourth-order valence-corrected chi connectivity index (χ4v) is 2.85. The number of benzene rings is 2. The van der Waals surface area contributed by atoms with E-state index in [0.717, 1.165) is 30.5 Å². The Morgan fingerprint density at radius 1 is 1.10 bits per heavy atom. The highest BCUT2D eigenvalue weighted by Crippen LogP contribution is 2.31.